The van der Waals surface area contributed by atoms with E-state index in [4.69, 9.17) is 5.11 Å². The Morgan fingerprint density at radius 1 is 1.18 bits per heavy atom. The van der Waals surface area contributed by atoms with E-state index in [0.29, 0.717) is 17.8 Å². The Labute approximate surface area is 192 Å². The van der Waals surface area contributed by atoms with Gasteiger partial charge in [-0.05, 0) is 62.3 Å². The Morgan fingerprint density at radius 2 is 1.82 bits per heavy atom. The van der Waals surface area contributed by atoms with Crippen molar-refractivity contribution in [3.63, 3.8) is 0 Å². The van der Waals surface area contributed by atoms with Gasteiger partial charge < -0.3 is 20.2 Å². The Hall–Kier alpha value is -2.78. The lowest BCUT2D eigenvalue weighted by atomic mass is 9.95. The molecule has 3 N–H and O–H groups in total. The largest absolute Gasteiger partial charge is 0.481 e. The Balaban J connectivity index is 1.94. The molecule has 33 heavy (non-hydrogen) atoms. The molecule has 2 aromatic rings. The number of carbonyl (C=O) groups excluding carboxylic acids is 1. The molecule has 0 saturated heterocycles. The second-order valence-electron chi connectivity index (χ2n) is 9.08. The molecule has 0 aliphatic heterocycles. The van der Waals surface area contributed by atoms with Crippen molar-refractivity contribution in [2.24, 2.45) is 0 Å². The smallest absolute Gasteiger partial charge is 0.305 e. The van der Waals surface area contributed by atoms with Gasteiger partial charge in [0.15, 0.2) is 5.69 Å². The van der Waals surface area contributed by atoms with Crippen molar-refractivity contribution >= 4 is 11.9 Å². The summed E-state index contributed by atoms with van der Waals surface area (Å²) in [6, 6.07) is 6.04. The molecular weight excluding hydrogens is 429 g/mol. The number of aliphatic carboxylic acids is 1. The van der Waals surface area contributed by atoms with Gasteiger partial charge in [0.2, 0.25) is 0 Å². The number of carbonyl (C=O) groups is 2. The number of amides is 1. The number of hydrogen-bond donors (Lipinski definition) is 3. The summed E-state index contributed by atoms with van der Waals surface area (Å²) < 4.78 is 15.2. The molecule has 9 heteroatoms. The SMILES string of the molecule is CC(C)c1c(C(=O)N(C)C2CC2)nn(-c2ccc(F)cc2)c1CCC(O)CC(O)CC(=O)O. The zero-order valence-electron chi connectivity index (χ0n) is 19.2. The molecule has 0 spiro atoms. The minimum atomic E-state index is -1.14. The molecule has 3 rings (SSSR count). The average Bonchev–Trinajstić information content (AvgIpc) is 3.51. The third kappa shape index (κ3) is 6.17. The summed E-state index contributed by atoms with van der Waals surface area (Å²) >= 11 is 0. The fourth-order valence-electron chi connectivity index (χ4n) is 4.08. The highest BCUT2D eigenvalue weighted by Gasteiger charge is 2.34. The van der Waals surface area contributed by atoms with Crippen molar-refractivity contribution in [1.82, 2.24) is 14.7 Å². The number of halogens is 1. The number of carboxylic acids is 1. The van der Waals surface area contributed by atoms with Crippen LogP contribution in [-0.2, 0) is 11.2 Å². The third-order valence-electron chi connectivity index (χ3n) is 5.96. The molecule has 1 aromatic carbocycles. The molecule has 2 atom stereocenters. The molecule has 1 fully saturated rings. The first-order valence-electron chi connectivity index (χ1n) is 11.3. The summed E-state index contributed by atoms with van der Waals surface area (Å²) in [4.78, 5) is 25.7. The zero-order chi connectivity index (χ0) is 24.3. The second-order valence-corrected chi connectivity index (χ2v) is 9.08. The van der Waals surface area contributed by atoms with Crippen molar-refractivity contribution in [1.29, 1.82) is 0 Å². The number of aliphatic hydroxyl groups excluding tert-OH is 2. The van der Waals surface area contributed by atoms with E-state index in [0.717, 1.165) is 24.1 Å². The van der Waals surface area contributed by atoms with E-state index in [1.807, 2.05) is 13.8 Å². The molecule has 1 aliphatic carbocycles. The van der Waals surface area contributed by atoms with Gasteiger partial charge in [-0.2, -0.15) is 5.10 Å². The highest BCUT2D eigenvalue weighted by atomic mass is 19.1. The van der Waals surface area contributed by atoms with Crippen molar-refractivity contribution in [2.75, 3.05) is 7.05 Å². The molecule has 8 nitrogen and oxygen atoms in total. The topological polar surface area (TPSA) is 116 Å². The van der Waals surface area contributed by atoms with E-state index in [9.17, 15) is 24.2 Å². The first-order chi connectivity index (χ1) is 15.6. The van der Waals surface area contributed by atoms with Crippen LogP contribution in [0.4, 0.5) is 4.39 Å². The second kappa shape index (κ2) is 10.4. The molecule has 180 valence electrons. The van der Waals surface area contributed by atoms with Crippen molar-refractivity contribution in [3.05, 3.63) is 47.0 Å². The van der Waals surface area contributed by atoms with Gasteiger partial charge in [0.05, 0.1) is 24.3 Å². The van der Waals surface area contributed by atoms with Crippen molar-refractivity contribution < 1.29 is 29.3 Å². The number of aliphatic hydroxyl groups is 2. The predicted molar refractivity (Wildman–Crippen MR) is 120 cm³/mol. The Bertz CT molecular complexity index is 985. The van der Waals surface area contributed by atoms with Gasteiger partial charge in [-0.25, -0.2) is 9.07 Å². The standard InChI is InChI=1S/C24H32FN3O5/c1-14(2)22-20(11-10-18(29)12-19(30)13-21(31)32)28(17-6-4-15(25)5-7-17)26-23(22)24(33)27(3)16-8-9-16/h4-7,14,16,18-19,29-30H,8-13H2,1-3H3,(H,31,32). The summed E-state index contributed by atoms with van der Waals surface area (Å²) in [5, 5.41) is 33.7. The zero-order valence-corrected chi connectivity index (χ0v) is 19.2. The van der Waals surface area contributed by atoms with E-state index >= 15 is 0 Å². The van der Waals surface area contributed by atoms with Crippen LogP contribution >= 0.6 is 0 Å². The molecule has 2 unspecified atom stereocenters. The molecule has 0 radical (unpaired) electrons. The van der Waals surface area contributed by atoms with Crippen molar-refractivity contribution in [3.8, 4) is 5.69 Å². The van der Waals surface area contributed by atoms with Crippen LogP contribution in [0.3, 0.4) is 0 Å². The molecule has 1 heterocycles. The summed E-state index contributed by atoms with van der Waals surface area (Å²) in [7, 11) is 1.77. The van der Waals surface area contributed by atoms with Gasteiger partial charge in [0, 0.05) is 24.3 Å². The van der Waals surface area contributed by atoms with Crippen LogP contribution in [-0.4, -0.2) is 67.2 Å². The quantitative estimate of drug-likeness (QED) is 0.474. The monoisotopic (exact) mass is 461 g/mol. The first-order valence-corrected chi connectivity index (χ1v) is 11.3. The van der Waals surface area contributed by atoms with E-state index in [1.165, 1.54) is 12.1 Å². The fourth-order valence-corrected chi connectivity index (χ4v) is 4.08. The molecule has 1 aliphatic rings. The van der Waals surface area contributed by atoms with Gasteiger partial charge in [-0.1, -0.05) is 13.8 Å². The van der Waals surface area contributed by atoms with E-state index in [1.54, 1.807) is 28.8 Å². The minimum Gasteiger partial charge on any atom is -0.481 e. The van der Waals surface area contributed by atoms with Crippen LogP contribution in [0, 0.1) is 5.82 Å². The van der Waals surface area contributed by atoms with E-state index in [-0.39, 0.29) is 36.5 Å². The van der Waals surface area contributed by atoms with Crippen LogP contribution in [0.2, 0.25) is 0 Å². The summed E-state index contributed by atoms with van der Waals surface area (Å²) in [6.07, 6.45) is -0.0457. The highest BCUT2D eigenvalue weighted by molar-refractivity contribution is 5.94. The van der Waals surface area contributed by atoms with Crippen LogP contribution in [0.1, 0.15) is 73.6 Å². The minimum absolute atomic E-state index is 0.0319. The number of hydrogen-bond acceptors (Lipinski definition) is 5. The number of nitrogens with zero attached hydrogens (tertiary/aromatic N) is 3. The van der Waals surface area contributed by atoms with Gasteiger partial charge in [-0.3, -0.25) is 9.59 Å². The lowest BCUT2D eigenvalue weighted by Crippen LogP contribution is -2.30. The average molecular weight is 462 g/mol. The van der Waals surface area contributed by atoms with Crippen LogP contribution in [0.15, 0.2) is 24.3 Å². The van der Waals surface area contributed by atoms with E-state index < -0.39 is 24.6 Å². The number of carboxylic acid groups (broad SMARTS) is 1. The third-order valence-corrected chi connectivity index (χ3v) is 5.96. The maximum Gasteiger partial charge on any atom is 0.305 e. The van der Waals surface area contributed by atoms with Crippen LogP contribution in [0.25, 0.3) is 5.69 Å². The number of aromatic nitrogens is 2. The van der Waals surface area contributed by atoms with Gasteiger partial charge in [0.1, 0.15) is 5.82 Å². The molecule has 1 aromatic heterocycles. The van der Waals surface area contributed by atoms with Crippen LogP contribution < -0.4 is 0 Å². The molecule has 1 amide bonds. The number of benzene rings is 1. The lowest BCUT2D eigenvalue weighted by molar-refractivity contribution is -0.139. The van der Waals surface area contributed by atoms with Crippen molar-refractivity contribution in [2.45, 2.75) is 76.5 Å². The fraction of sp³-hybridized carbons (Fsp3) is 0.542. The summed E-state index contributed by atoms with van der Waals surface area (Å²) in [5.41, 5.74) is 2.45. The maximum atomic E-state index is 13.5. The Morgan fingerprint density at radius 3 is 2.36 bits per heavy atom. The normalized spacial score (nSPS) is 15.5. The van der Waals surface area contributed by atoms with Gasteiger partial charge >= 0.3 is 5.97 Å². The molecular formula is C24H32FN3O5. The Kier molecular flexibility index (Phi) is 7.86. The molecule has 0 bridgehead atoms. The highest BCUT2D eigenvalue weighted by Crippen LogP contribution is 2.32. The van der Waals surface area contributed by atoms with Crippen LogP contribution in [0.5, 0.6) is 0 Å². The summed E-state index contributed by atoms with van der Waals surface area (Å²) in [5.74, 6) is -1.71. The lowest BCUT2D eigenvalue weighted by Gasteiger charge is -2.18. The summed E-state index contributed by atoms with van der Waals surface area (Å²) in [6.45, 7) is 3.94. The number of rotatable bonds is 11. The maximum absolute atomic E-state index is 13.5. The first kappa shape index (κ1) is 24.9. The van der Waals surface area contributed by atoms with E-state index in [2.05, 4.69) is 5.10 Å². The van der Waals surface area contributed by atoms with Gasteiger partial charge in [-0.15, -0.1) is 0 Å². The van der Waals surface area contributed by atoms with Gasteiger partial charge in [0.25, 0.3) is 5.91 Å². The predicted octanol–water partition coefficient (Wildman–Crippen LogP) is 2.89. The molecule has 1 saturated carbocycles.